The maximum absolute atomic E-state index is 11.4. The fraction of sp³-hybridized carbons (Fsp3) is 0.250. The third-order valence-electron chi connectivity index (χ3n) is 1.87. The van der Waals surface area contributed by atoms with Crippen LogP contribution in [0, 0.1) is 0 Å². The van der Waals surface area contributed by atoms with Gasteiger partial charge in [0.1, 0.15) is 0 Å². The number of aromatic nitrogens is 5. The van der Waals surface area contributed by atoms with Gasteiger partial charge >= 0.3 is 5.69 Å². The standard InChI is InChI=1S/C8H8ClN5O/c1-13-8(15)14(12-11-13)5-7-4-6(9)2-3-10-7/h2-4H,5H2,1H3. The Hall–Kier alpha value is -1.69. The Balaban J connectivity index is 2.30. The summed E-state index contributed by atoms with van der Waals surface area (Å²) >= 11 is 5.79. The quantitative estimate of drug-likeness (QED) is 0.726. The molecule has 2 aromatic heterocycles. The molecular formula is C8H8ClN5O. The third-order valence-corrected chi connectivity index (χ3v) is 2.11. The molecule has 2 rings (SSSR count). The molecule has 2 aromatic rings. The molecule has 0 bridgehead atoms. The normalized spacial score (nSPS) is 10.5. The van der Waals surface area contributed by atoms with Crippen molar-refractivity contribution in [3.8, 4) is 0 Å². The monoisotopic (exact) mass is 225 g/mol. The van der Waals surface area contributed by atoms with Crippen molar-refractivity contribution < 1.29 is 0 Å². The van der Waals surface area contributed by atoms with Gasteiger partial charge in [0.2, 0.25) is 0 Å². The number of tetrazole rings is 1. The van der Waals surface area contributed by atoms with Crippen LogP contribution in [0.3, 0.4) is 0 Å². The summed E-state index contributed by atoms with van der Waals surface area (Å²) in [6.07, 6.45) is 1.58. The second-order valence-corrected chi connectivity index (χ2v) is 3.44. The average Bonchev–Trinajstić information content (AvgIpc) is 2.50. The Bertz CT molecular complexity index is 532. The first-order valence-electron chi connectivity index (χ1n) is 4.24. The van der Waals surface area contributed by atoms with Gasteiger partial charge < -0.3 is 0 Å². The maximum atomic E-state index is 11.4. The van der Waals surface area contributed by atoms with Crippen molar-refractivity contribution in [1.29, 1.82) is 0 Å². The number of hydrogen-bond donors (Lipinski definition) is 0. The van der Waals surface area contributed by atoms with Crippen LogP contribution >= 0.6 is 11.6 Å². The summed E-state index contributed by atoms with van der Waals surface area (Å²) in [5.41, 5.74) is 0.391. The van der Waals surface area contributed by atoms with E-state index < -0.39 is 0 Å². The minimum absolute atomic E-state index is 0.271. The second kappa shape index (κ2) is 3.82. The zero-order valence-corrected chi connectivity index (χ0v) is 8.72. The minimum Gasteiger partial charge on any atom is -0.259 e. The van der Waals surface area contributed by atoms with Gasteiger partial charge in [-0.05, 0) is 22.6 Å². The van der Waals surface area contributed by atoms with Crippen molar-refractivity contribution in [3.05, 3.63) is 39.5 Å². The Morgan fingerprint density at radius 2 is 2.27 bits per heavy atom. The third kappa shape index (κ3) is 2.04. The van der Waals surface area contributed by atoms with Crippen molar-refractivity contribution in [2.75, 3.05) is 0 Å². The van der Waals surface area contributed by atoms with Gasteiger partial charge in [0, 0.05) is 18.3 Å². The lowest BCUT2D eigenvalue weighted by Gasteiger charge is -1.98. The molecule has 0 aromatic carbocycles. The summed E-state index contributed by atoms with van der Waals surface area (Å²) in [6.45, 7) is 0.271. The fourth-order valence-corrected chi connectivity index (χ4v) is 1.32. The molecule has 0 spiro atoms. The van der Waals surface area contributed by atoms with E-state index in [1.54, 1.807) is 18.3 Å². The van der Waals surface area contributed by atoms with Crippen LogP contribution in [0.15, 0.2) is 23.1 Å². The maximum Gasteiger partial charge on any atom is 0.363 e. The number of aryl methyl sites for hydroxylation is 1. The summed E-state index contributed by atoms with van der Waals surface area (Å²) in [5, 5.41) is 7.85. The van der Waals surface area contributed by atoms with Crippen molar-refractivity contribution in [2.45, 2.75) is 6.54 Å². The Morgan fingerprint density at radius 1 is 1.47 bits per heavy atom. The van der Waals surface area contributed by atoms with E-state index >= 15 is 0 Å². The predicted molar refractivity (Wildman–Crippen MR) is 53.6 cm³/mol. The SMILES string of the molecule is Cn1nnn(Cc2cc(Cl)ccn2)c1=O. The molecule has 0 amide bonds. The van der Waals surface area contributed by atoms with Gasteiger partial charge in [-0.2, -0.15) is 9.36 Å². The molecule has 0 fully saturated rings. The Kier molecular flexibility index (Phi) is 2.51. The molecule has 0 saturated carbocycles. The molecule has 0 saturated heterocycles. The molecule has 0 aliphatic rings. The first-order chi connectivity index (χ1) is 7.16. The van der Waals surface area contributed by atoms with Crippen molar-refractivity contribution in [3.63, 3.8) is 0 Å². The van der Waals surface area contributed by atoms with Crippen LogP contribution in [0.25, 0.3) is 0 Å². The fourth-order valence-electron chi connectivity index (χ4n) is 1.14. The molecule has 2 heterocycles. The lowest BCUT2D eigenvalue weighted by atomic mass is 10.3. The summed E-state index contributed by atoms with van der Waals surface area (Å²) in [6, 6.07) is 3.35. The highest BCUT2D eigenvalue weighted by Gasteiger charge is 2.04. The highest BCUT2D eigenvalue weighted by Crippen LogP contribution is 2.07. The van der Waals surface area contributed by atoms with E-state index in [4.69, 9.17) is 11.6 Å². The Labute approximate surface area is 90.1 Å². The van der Waals surface area contributed by atoms with Gasteiger partial charge in [-0.15, -0.1) is 0 Å². The molecular weight excluding hydrogens is 218 g/mol. The highest BCUT2D eigenvalue weighted by atomic mass is 35.5. The molecule has 0 N–H and O–H groups in total. The topological polar surface area (TPSA) is 65.6 Å². The van der Waals surface area contributed by atoms with Gasteiger partial charge in [0.05, 0.1) is 12.2 Å². The Morgan fingerprint density at radius 3 is 2.87 bits per heavy atom. The van der Waals surface area contributed by atoms with Crippen LogP contribution in [-0.4, -0.2) is 24.8 Å². The van der Waals surface area contributed by atoms with Crippen molar-refractivity contribution in [2.24, 2.45) is 7.05 Å². The van der Waals surface area contributed by atoms with Crippen LogP contribution in [0.2, 0.25) is 5.02 Å². The molecule has 0 atom stereocenters. The van der Waals surface area contributed by atoms with Gasteiger partial charge in [0.25, 0.3) is 0 Å². The van der Waals surface area contributed by atoms with Crippen LogP contribution < -0.4 is 5.69 Å². The van der Waals surface area contributed by atoms with Crippen LogP contribution in [0.4, 0.5) is 0 Å². The van der Waals surface area contributed by atoms with E-state index in [1.165, 1.54) is 11.7 Å². The highest BCUT2D eigenvalue weighted by molar-refractivity contribution is 6.30. The summed E-state index contributed by atoms with van der Waals surface area (Å²) in [4.78, 5) is 15.5. The minimum atomic E-state index is -0.281. The summed E-state index contributed by atoms with van der Waals surface area (Å²) in [7, 11) is 1.54. The second-order valence-electron chi connectivity index (χ2n) is 3.01. The van der Waals surface area contributed by atoms with E-state index in [9.17, 15) is 4.79 Å². The first-order valence-corrected chi connectivity index (χ1v) is 4.62. The lowest BCUT2D eigenvalue weighted by molar-refractivity contribution is 0.621. The van der Waals surface area contributed by atoms with E-state index in [1.807, 2.05) is 0 Å². The number of hydrogen-bond acceptors (Lipinski definition) is 4. The first kappa shape index (κ1) is 9.85. The van der Waals surface area contributed by atoms with E-state index in [2.05, 4.69) is 15.4 Å². The zero-order valence-electron chi connectivity index (χ0n) is 7.96. The molecule has 6 nitrogen and oxygen atoms in total. The number of rotatable bonds is 2. The van der Waals surface area contributed by atoms with Gasteiger partial charge in [-0.25, -0.2) is 4.79 Å². The molecule has 0 unspecified atom stereocenters. The van der Waals surface area contributed by atoms with E-state index in [-0.39, 0.29) is 12.2 Å². The molecule has 7 heteroatoms. The van der Waals surface area contributed by atoms with Crippen molar-refractivity contribution >= 4 is 11.6 Å². The van der Waals surface area contributed by atoms with Crippen LogP contribution in [0.1, 0.15) is 5.69 Å². The lowest BCUT2D eigenvalue weighted by Crippen LogP contribution is -2.24. The molecule has 0 aliphatic carbocycles. The van der Waals surface area contributed by atoms with Crippen molar-refractivity contribution in [1.82, 2.24) is 24.8 Å². The number of halogens is 1. The zero-order chi connectivity index (χ0) is 10.8. The van der Waals surface area contributed by atoms with Crippen LogP contribution in [0.5, 0.6) is 0 Å². The van der Waals surface area contributed by atoms with Gasteiger partial charge in [-0.1, -0.05) is 11.6 Å². The number of pyridine rings is 1. The van der Waals surface area contributed by atoms with Crippen LogP contribution in [-0.2, 0) is 13.6 Å². The summed E-state index contributed by atoms with van der Waals surface area (Å²) in [5.74, 6) is 0. The largest absolute Gasteiger partial charge is 0.363 e. The van der Waals surface area contributed by atoms with Gasteiger partial charge in [0.15, 0.2) is 0 Å². The molecule has 0 aliphatic heterocycles. The molecule has 78 valence electrons. The number of nitrogens with zero attached hydrogens (tertiary/aromatic N) is 5. The van der Waals surface area contributed by atoms with E-state index in [0.717, 1.165) is 4.68 Å². The predicted octanol–water partition coefficient (Wildman–Crippen LogP) is 0.0735. The molecule has 0 radical (unpaired) electrons. The average molecular weight is 226 g/mol. The summed E-state index contributed by atoms with van der Waals surface area (Å²) < 4.78 is 2.38. The van der Waals surface area contributed by atoms with Gasteiger partial charge in [-0.3, -0.25) is 4.98 Å². The smallest absolute Gasteiger partial charge is 0.259 e. The molecule has 15 heavy (non-hydrogen) atoms. The van der Waals surface area contributed by atoms with E-state index in [0.29, 0.717) is 10.7 Å².